The topological polar surface area (TPSA) is 64.1 Å². The first-order valence-corrected chi connectivity index (χ1v) is 6.09. The van der Waals surface area contributed by atoms with Gasteiger partial charge in [-0.3, -0.25) is 4.68 Å². The SMILES string of the molecule is Cc1nn(C)c(CC(O)c2ccccc2N)c1Cl. The van der Waals surface area contributed by atoms with Crippen molar-refractivity contribution in [3.05, 3.63) is 46.2 Å². The summed E-state index contributed by atoms with van der Waals surface area (Å²) in [5.74, 6) is 0. The number of anilines is 1. The van der Waals surface area contributed by atoms with E-state index >= 15 is 0 Å². The molecule has 2 rings (SSSR count). The lowest BCUT2D eigenvalue weighted by Crippen LogP contribution is -2.08. The first-order valence-electron chi connectivity index (χ1n) is 5.71. The molecule has 0 radical (unpaired) electrons. The van der Waals surface area contributed by atoms with Gasteiger partial charge in [-0.05, 0) is 13.0 Å². The minimum atomic E-state index is -0.682. The standard InChI is InChI=1S/C13H16ClN3O/c1-8-13(14)11(17(2)16-8)7-12(18)9-5-3-4-6-10(9)15/h3-6,12,18H,7,15H2,1-2H3. The lowest BCUT2D eigenvalue weighted by atomic mass is 10.0. The molecule has 0 aliphatic carbocycles. The molecule has 4 nitrogen and oxygen atoms in total. The highest BCUT2D eigenvalue weighted by atomic mass is 35.5. The average Bonchev–Trinajstić information content (AvgIpc) is 2.56. The molecule has 1 aromatic heterocycles. The molecule has 0 saturated heterocycles. The summed E-state index contributed by atoms with van der Waals surface area (Å²) >= 11 is 6.16. The molecule has 0 saturated carbocycles. The summed E-state index contributed by atoms with van der Waals surface area (Å²) in [6.45, 7) is 1.84. The molecule has 0 spiro atoms. The summed E-state index contributed by atoms with van der Waals surface area (Å²) in [5, 5.41) is 15.1. The first kappa shape index (κ1) is 12.9. The zero-order valence-electron chi connectivity index (χ0n) is 10.4. The highest BCUT2D eigenvalue weighted by molar-refractivity contribution is 6.31. The summed E-state index contributed by atoms with van der Waals surface area (Å²) < 4.78 is 1.69. The Morgan fingerprint density at radius 1 is 1.44 bits per heavy atom. The van der Waals surface area contributed by atoms with Gasteiger partial charge in [0, 0.05) is 24.7 Å². The summed E-state index contributed by atoms with van der Waals surface area (Å²) in [5.41, 5.74) is 8.72. The van der Waals surface area contributed by atoms with E-state index < -0.39 is 6.10 Å². The highest BCUT2D eigenvalue weighted by Crippen LogP contribution is 2.27. The van der Waals surface area contributed by atoms with Gasteiger partial charge in [0.1, 0.15) is 0 Å². The predicted octanol–water partition coefficient (Wildman–Crippen LogP) is 2.24. The molecular weight excluding hydrogens is 250 g/mol. The number of aromatic nitrogens is 2. The Balaban J connectivity index is 2.27. The van der Waals surface area contributed by atoms with Gasteiger partial charge in [0.15, 0.2) is 0 Å². The van der Waals surface area contributed by atoms with E-state index in [0.29, 0.717) is 22.7 Å². The van der Waals surface area contributed by atoms with Crippen LogP contribution in [0.2, 0.25) is 5.02 Å². The van der Waals surface area contributed by atoms with Crippen molar-refractivity contribution < 1.29 is 5.11 Å². The maximum absolute atomic E-state index is 10.2. The van der Waals surface area contributed by atoms with Gasteiger partial charge < -0.3 is 10.8 Å². The van der Waals surface area contributed by atoms with Crippen LogP contribution in [-0.2, 0) is 13.5 Å². The number of nitrogens with zero attached hydrogens (tertiary/aromatic N) is 2. The molecule has 1 aromatic carbocycles. The van der Waals surface area contributed by atoms with Crippen molar-refractivity contribution in [1.29, 1.82) is 0 Å². The number of aryl methyl sites for hydroxylation is 2. The van der Waals surface area contributed by atoms with Crippen molar-refractivity contribution in [2.24, 2.45) is 7.05 Å². The number of hydrogen-bond donors (Lipinski definition) is 2. The monoisotopic (exact) mass is 265 g/mol. The van der Waals surface area contributed by atoms with Crippen molar-refractivity contribution in [2.45, 2.75) is 19.4 Å². The van der Waals surface area contributed by atoms with Crippen LogP contribution in [0.15, 0.2) is 24.3 Å². The summed E-state index contributed by atoms with van der Waals surface area (Å²) in [7, 11) is 1.81. The Morgan fingerprint density at radius 2 is 2.11 bits per heavy atom. The van der Waals surface area contributed by atoms with E-state index in [0.717, 1.165) is 11.4 Å². The van der Waals surface area contributed by atoms with Gasteiger partial charge in [-0.25, -0.2) is 0 Å². The van der Waals surface area contributed by atoms with Gasteiger partial charge >= 0.3 is 0 Å². The van der Waals surface area contributed by atoms with Crippen LogP contribution in [0.25, 0.3) is 0 Å². The van der Waals surface area contributed by atoms with Crippen LogP contribution in [0, 0.1) is 6.92 Å². The fourth-order valence-electron chi connectivity index (χ4n) is 2.01. The van der Waals surface area contributed by atoms with E-state index in [9.17, 15) is 5.11 Å². The molecule has 3 N–H and O–H groups in total. The fraction of sp³-hybridized carbons (Fsp3) is 0.308. The fourth-order valence-corrected chi connectivity index (χ4v) is 2.25. The molecule has 1 heterocycles. The third kappa shape index (κ3) is 2.35. The van der Waals surface area contributed by atoms with Crippen LogP contribution < -0.4 is 5.73 Å². The Hall–Kier alpha value is -1.52. The van der Waals surface area contributed by atoms with Crippen molar-refractivity contribution in [3.8, 4) is 0 Å². The number of aliphatic hydroxyl groups is 1. The van der Waals surface area contributed by atoms with E-state index in [1.807, 2.05) is 32.2 Å². The molecule has 18 heavy (non-hydrogen) atoms. The van der Waals surface area contributed by atoms with Crippen LogP contribution in [0.3, 0.4) is 0 Å². The Labute approximate surface area is 111 Å². The molecule has 0 fully saturated rings. The summed E-state index contributed by atoms with van der Waals surface area (Å²) in [6, 6.07) is 7.28. The Kier molecular flexibility index (Phi) is 3.59. The van der Waals surface area contributed by atoms with Gasteiger partial charge in [0.25, 0.3) is 0 Å². The maximum atomic E-state index is 10.2. The van der Waals surface area contributed by atoms with Gasteiger partial charge in [-0.2, -0.15) is 5.10 Å². The molecule has 0 bridgehead atoms. The number of nitrogen functional groups attached to an aromatic ring is 1. The summed E-state index contributed by atoms with van der Waals surface area (Å²) in [6.07, 6.45) is -0.289. The van der Waals surface area contributed by atoms with Crippen LogP contribution in [-0.4, -0.2) is 14.9 Å². The number of halogens is 1. The number of rotatable bonds is 3. The molecule has 0 aliphatic rings. The zero-order chi connectivity index (χ0) is 13.3. The van der Waals surface area contributed by atoms with Crippen molar-refractivity contribution >= 4 is 17.3 Å². The predicted molar refractivity (Wildman–Crippen MR) is 72.5 cm³/mol. The lowest BCUT2D eigenvalue weighted by Gasteiger charge is -2.13. The molecule has 0 aliphatic heterocycles. The van der Waals surface area contributed by atoms with Gasteiger partial charge in [0.2, 0.25) is 0 Å². The van der Waals surface area contributed by atoms with Crippen LogP contribution in [0.5, 0.6) is 0 Å². The normalized spacial score (nSPS) is 12.7. The zero-order valence-corrected chi connectivity index (χ0v) is 11.1. The molecule has 0 amide bonds. The molecular formula is C13H16ClN3O. The second-order valence-corrected chi connectivity index (χ2v) is 4.70. The van der Waals surface area contributed by atoms with E-state index in [1.165, 1.54) is 0 Å². The van der Waals surface area contributed by atoms with E-state index in [1.54, 1.807) is 10.7 Å². The summed E-state index contributed by atoms with van der Waals surface area (Å²) in [4.78, 5) is 0. The maximum Gasteiger partial charge on any atom is 0.0865 e. The van der Waals surface area contributed by atoms with Crippen LogP contribution in [0.4, 0.5) is 5.69 Å². The molecule has 5 heteroatoms. The first-order chi connectivity index (χ1) is 8.50. The number of aliphatic hydroxyl groups excluding tert-OH is 1. The van der Waals surface area contributed by atoms with Crippen molar-refractivity contribution in [1.82, 2.24) is 9.78 Å². The minimum Gasteiger partial charge on any atom is -0.398 e. The highest BCUT2D eigenvalue weighted by Gasteiger charge is 2.17. The number of para-hydroxylation sites is 1. The lowest BCUT2D eigenvalue weighted by molar-refractivity contribution is 0.176. The minimum absolute atomic E-state index is 0.393. The van der Waals surface area contributed by atoms with Crippen LogP contribution >= 0.6 is 11.6 Å². The van der Waals surface area contributed by atoms with Crippen molar-refractivity contribution in [3.63, 3.8) is 0 Å². The van der Waals surface area contributed by atoms with Crippen LogP contribution in [0.1, 0.15) is 23.1 Å². The molecule has 96 valence electrons. The van der Waals surface area contributed by atoms with E-state index in [4.69, 9.17) is 17.3 Å². The molecule has 1 unspecified atom stereocenters. The van der Waals surface area contributed by atoms with Crippen molar-refractivity contribution in [2.75, 3.05) is 5.73 Å². The Bertz CT molecular complexity index is 565. The smallest absolute Gasteiger partial charge is 0.0865 e. The second-order valence-electron chi connectivity index (χ2n) is 4.32. The van der Waals surface area contributed by atoms with Gasteiger partial charge in [-0.1, -0.05) is 29.8 Å². The van der Waals surface area contributed by atoms with Gasteiger partial charge in [-0.15, -0.1) is 0 Å². The second kappa shape index (κ2) is 5.00. The molecule has 2 aromatic rings. The third-order valence-corrected chi connectivity index (χ3v) is 3.49. The third-order valence-electron chi connectivity index (χ3n) is 3.00. The largest absolute Gasteiger partial charge is 0.398 e. The number of benzene rings is 1. The van der Waals surface area contributed by atoms with Gasteiger partial charge in [0.05, 0.1) is 22.5 Å². The molecule has 1 atom stereocenters. The average molecular weight is 266 g/mol. The Morgan fingerprint density at radius 3 is 2.67 bits per heavy atom. The van der Waals surface area contributed by atoms with E-state index in [2.05, 4.69) is 5.10 Å². The number of nitrogens with two attached hydrogens (primary N) is 1. The quantitative estimate of drug-likeness (QED) is 0.837. The number of hydrogen-bond acceptors (Lipinski definition) is 3. The van der Waals surface area contributed by atoms with E-state index in [-0.39, 0.29) is 0 Å².